The van der Waals surface area contributed by atoms with E-state index in [-0.39, 0.29) is 6.23 Å². The van der Waals surface area contributed by atoms with Crippen LogP contribution in [0, 0.1) is 5.92 Å². The van der Waals surface area contributed by atoms with Crippen molar-refractivity contribution >= 4 is 39.2 Å². The number of rotatable bonds is 4. The van der Waals surface area contributed by atoms with Crippen LogP contribution >= 0.6 is 33.2 Å². The van der Waals surface area contributed by atoms with Crippen LogP contribution in [-0.4, -0.2) is 18.0 Å². The van der Waals surface area contributed by atoms with E-state index in [1.165, 1.54) is 25.7 Å². The lowest BCUT2D eigenvalue weighted by molar-refractivity contribution is -0.224. The zero-order chi connectivity index (χ0) is 15.8. The van der Waals surface area contributed by atoms with E-state index >= 15 is 0 Å². The monoisotopic (exact) mass is 380 g/mol. The molecule has 1 heterocycles. The molecule has 7 heteroatoms. The second-order valence-corrected chi connectivity index (χ2v) is 15.1. The van der Waals surface area contributed by atoms with E-state index in [1.807, 2.05) is 25.1 Å². The standard InChI is InChI=1S/C15H19Cl3O3Si/c1-15(12-4-2-3-5-12)20-9-11-8-13(6-7-14(11)21-15)19-10-22(16,17)18/h6-8,12H,2-5,9-10H2,1H3. The lowest BCUT2D eigenvalue weighted by Crippen LogP contribution is -2.44. The van der Waals surface area contributed by atoms with Gasteiger partial charge in [0.1, 0.15) is 17.7 Å². The zero-order valence-corrected chi connectivity index (χ0v) is 15.7. The number of hydrogen-bond acceptors (Lipinski definition) is 3. The molecule has 1 aromatic carbocycles. The third-order valence-electron chi connectivity index (χ3n) is 4.36. The summed E-state index contributed by atoms with van der Waals surface area (Å²) in [6, 6.07) is 2.88. The number of hydrogen-bond donors (Lipinski definition) is 0. The maximum absolute atomic E-state index is 6.16. The summed E-state index contributed by atoms with van der Waals surface area (Å²) in [7, 11) is 0. The zero-order valence-electron chi connectivity index (χ0n) is 12.4. The maximum Gasteiger partial charge on any atom is 0.377 e. The predicted octanol–water partition coefficient (Wildman–Crippen LogP) is 5.08. The van der Waals surface area contributed by atoms with Gasteiger partial charge in [-0.1, -0.05) is 12.8 Å². The Morgan fingerprint density at radius 2 is 2.00 bits per heavy atom. The van der Waals surface area contributed by atoms with Gasteiger partial charge in [-0.25, -0.2) is 0 Å². The van der Waals surface area contributed by atoms with Crippen molar-refractivity contribution in [2.45, 2.75) is 45.0 Å². The van der Waals surface area contributed by atoms with Gasteiger partial charge in [0.2, 0.25) is 5.79 Å². The normalized spacial score (nSPS) is 25.6. The van der Waals surface area contributed by atoms with Gasteiger partial charge in [0.15, 0.2) is 0 Å². The van der Waals surface area contributed by atoms with Crippen LogP contribution in [-0.2, 0) is 11.3 Å². The Morgan fingerprint density at radius 3 is 2.68 bits per heavy atom. The van der Waals surface area contributed by atoms with Gasteiger partial charge < -0.3 is 14.2 Å². The first-order valence-corrected chi connectivity index (χ1v) is 12.8. The van der Waals surface area contributed by atoms with E-state index < -0.39 is 11.8 Å². The fourth-order valence-corrected chi connectivity index (χ4v) is 3.96. The molecule has 0 amide bonds. The first-order valence-electron chi connectivity index (χ1n) is 7.51. The average molecular weight is 382 g/mol. The van der Waals surface area contributed by atoms with Crippen molar-refractivity contribution in [1.82, 2.24) is 0 Å². The third kappa shape index (κ3) is 3.85. The molecule has 2 aliphatic rings. The lowest BCUT2D eigenvalue weighted by Gasteiger charge is -2.40. The number of halogens is 3. The Balaban J connectivity index is 1.70. The van der Waals surface area contributed by atoms with E-state index in [4.69, 9.17) is 47.4 Å². The minimum Gasteiger partial charge on any atom is -0.493 e. The van der Waals surface area contributed by atoms with Crippen LogP contribution in [0.5, 0.6) is 11.5 Å². The summed E-state index contributed by atoms with van der Waals surface area (Å²) in [5.41, 5.74) is 0.971. The molecule has 1 fully saturated rings. The molecule has 0 saturated heterocycles. The summed E-state index contributed by atoms with van der Waals surface area (Å²) in [6.07, 6.45) is 4.99. The van der Waals surface area contributed by atoms with Crippen LogP contribution < -0.4 is 9.47 Å². The van der Waals surface area contributed by atoms with Crippen LogP contribution in [0.3, 0.4) is 0 Å². The van der Waals surface area contributed by atoms with Gasteiger partial charge in [-0.3, -0.25) is 0 Å². The molecule has 3 nitrogen and oxygen atoms in total. The number of fused-ring (bicyclic) bond motifs is 1. The van der Waals surface area contributed by atoms with Gasteiger partial charge in [-0.15, -0.1) is 33.2 Å². The first-order chi connectivity index (χ1) is 10.4. The molecule has 1 aliphatic carbocycles. The van der Waals surface area contributed by atoms with Crippen LogP contribution in [0.2, 0.25) is 0 Å². The molecule has 0 radical (unpaired) electrons. The summed E-state index contributed by atoms with van der Waals surface area (Å²) in [6.45, 7) is 2.56. The first kappa shape index (κ1) is 16.7. The van der Waals surface area contributed by atoms with Crippen LogP contribution in [0.1, 0.15) is 38.2 Å². The second-order valence-electron chi connectivity index (χ2n) is 6.06. The van der Waals surface area contributed by atoms with Crippen LogP contribution in [0.4, 0.5) is 0 Å². The highest BCUT2D eigenvalue weighted by atomic mass is 35.8. The van der Waals surface area contributed by atoms with Crippen molar-refractivity contribution in [2.75, 3.05) is 6.23 Å². The van der Waals surface area contributed by atoms with Crippen molar-refractivity contribution < 1.29 is 14.2 Å². The Bertz CT molecular complexity index is 543. The Hall–Kier alpha value is -0.133. The average Bonchev–Trinajstić information content (AvgIpc) is 2.99. The second kappa shape index (κ2) is 6.40. The third-order valence-corrected chi connectivity index (χ3v) is 5.81. The van der Waals surface area contributed by atoms with Crippen molar-refractivity contribution in [2.24, 2.45) is 5.92 Å². The van der Waals surface area contributed by atoms with Gasteiger partial charge in [0.25, 0.3) is 0 Å². The fourth-order valence-electron chi connectivity index (χ4n) is 3.14. The molecule has 1 aromatic rings. The van der Waals surface area contributed by atoms with E-state index in [0.717, 1.165) is 11.3 Å². The highest BCUT2D eigenvalue weighted by molar-refractivity contribution is 7.64. The summed E-state index contributed by atoms with van der Waals surface area (Å²) < 4.78 is 17.7. The molecule has 0 N–H and O–H groups in total. The van der Waals surface area contributed by atoms with E-state index in [2.05, 4.69) is 0 Å². The molecule has 22 heavy (non-hydrogen) atoms. The van der Waals surface area contributed by atoms with E-state index in [0.29, 0.717) is 18.3 Å². The quantitative estimate of drug-likeness (QED) is 0.538. The predicted molar refractivity (Wildman–Crippen MR) is 91.0 cm³/mol. The van der Waals surface area contributed by atoms with Crippen molar-refractivity contribution in [3.05, 3.63) is 23.8 Å². The Kier molecular flexibility index (Phi) is 4.86. The molecule has 1 unspecified atom stereocenters. The highest BCUT2D eigenvalue weighted by Crippen LogP contribution is 2.42. The summed E-state index contributed by atoms with van der Waals surface area (Å²) in [5, 5.41) is 0. The van der Waals surface area contributed by atoms with E-state index in [1.54, 1.807) is 0 Å². The molecule has 3 rings (SSSR count). The maximum atomic E-state index is 6.16. The molecule has 0 bridgehead atoms. The van der Waals surface area contributed by atoms with Gasteiger partial charge >= 0.3 is 6.00 Å². The largest absolute Gasteiger partial charge is 0.493 e. The van der Waals surface area contributed by atoms with Crippen LogP contribution in [0.25, 0.3) is 0 Å². The summed E-state index contributed by atoms with van der Waals surface area (Å²) >= 11 is 17.5. The SMILES string of the molecule is CC1(C2CCCC2)OCc2cc(OC[Si](Cl)(Cl)Cl)ccc2O1. The van der Waals surface area contributed by atoms with Crippen molar-refractivity contribution in [1.29, 1.82) is 0 Å². The van der Waals surface area contributed by atoms with Crippen molar-refractivity contribution in [3.63, 3.8) is 0 Å². The minimum atomic E-state index is -2.78. The molecular weight excluding hydrogens is 363 g/mol. The lowest BCUT2D eigenvalue weighted by atomic mass is 9.97. The van der Waals surface area contributed by atoms with Crippen molar-refractivity contribution in [3.8, 4) is 11.5 Å². The molecule has 0 spiro atoms. The molecule has 1 saturated carbocycles. The van der Waals surface area contributed by atoms with E-state index in [9.17, 15) is 0 Å². The summed E-state index contributed by atoms with van der Waals surface area (Å²) in [4.78, 5) is 0. The van der Waals surface area contributed by atoms with Gasteiger partial charge in [-0.2, -0.15) is 0 Å². The molecule has 122 valence electrons. The molecule has 1 aliphatic heterocycles. The Morgan fingerprint density at radius 1 is 1.27 bits per heavy atom. The van der Waals surface area contributed by atoms with Gasteiger partial charge in [0, 0.05) is 18.4 Å². The van der Waals surface area contributed by atoms with Gasteiger partial charge in [0.05, 0.1) is 6.61 Å². The Labute approximate surface area is 145 Å². The number of ether oxygens (including phenoxy) is 3. The number of benzene rings is 1. The van der Waals surface area contributed by atoms with Crippen LogP contribution in [0.15, 0.2) is 18.2 Å². The van der Waals surface area contributed by atoms with Gasteiger partial charge in [-0.05, 0) is 31.0 Å². The fraction of sp³-hybridized carbons (Fsp3) is 0.600. The smallest absolute Gasteiger partial charge is 0.377 e. The molecular formula is C15H19Cl3O3Si. The molecule has 1 atom stereocenters. The topological polar surface area (TPSA) is 27.7 Å². The summed E-state index contributed by atoms with van der Waals surface area (Å²) in [5.74, 6) is 1.48. The molecule has 0 aromatic heterocycles. The highest BCUT2D eigenvalue weighted by Gasteiger charge is 2.42. The minimum absolute atomic E-state index is 0.137.